The van der Waals surface area contributed by atoms with Crippen LogP contribution in [0.4, 0.5) is 10.1 Å². The number of anilines is 1. The largest absolute Gasteiger partial charge is 0.367 e. The molecule has 0 aromatic heterocycles. The Morgan fingerprint density at radius 1 is 0.882 bits per heavy atom. The van der Waals surface area contributed by atoms with Gasteiger partial charge >= 0.3 is 0 Å². The van der Waals surface area contributed by atoms with E-state index in [9.17, 15) is 4.79 Å². The molecule has 0 N–H and O–H groups in total. The topological polar surface area (TPSA) is 26.8 Å². The summed E-state index contributed by atoms with van der Waals surface area (Å²) in [6, 6.07) is 23.3. The lowest BCUT2D eigenvalue weighted by Gasteiger charge is -2.41. The normalized spacial score (nSPS) is 15.2. The van der Waals surface area contributed by atoms with E-state index in [2.05, 4.69) is 15.9 Å². The highest BCUT2D eigenvalue weighted by atomic mass is 19.1. The molecule has 1 heterocycles. The fourth-order valence-corrected chi connectivity index (χ4v) is 4.84. The van der Waals surface area contributed by atoms with E-state index in [1.807, 2.05) is 86.3 Å². The summed E-state index contributed by atoms with van der Waals surface area (Å²) < 4.78 is 15.2. The van der Waals surface area contributed by atoms with Crippen molar-refractivity contribution < 1.29 is 9.18 Å². The van der Waals surface area contributed by atoms with Crippen molar-refractivity contribution in [3.05, 3.63) is 89.7 Å². The average molecular weight is 460 g/mol. The zero-order chi connectivity index (χ0) is 24.1. The van der Waals surface area contributed by atoms with Gasteiger partial charge in [-0.15, -0.1) is 0 Å². The van der Waals surface area contributed by atoms with E-state index in [0.29, 0.717) is 45.0 Å². The Morgan fingerprint density at radius 2 is 1.56 bits per heavy atom. The van der Waals surface area contributed by atoms with E-state index >= 15 is 4.39 Å². The molecule has 4 nitrogen and oxygen atoms in total. The number of hydrogen-bond donors (Lipinski definition) is 0. The van der Waals surface area contributed by atoms with Crippen LogP contribution in [0.15, 0.2) is 72.8 Å². The SMILES string of the molecule is CCN(CC)C(=O)C(c1ccccc1)N1CCN(c2ccc(-c3cccc(C)c3)cc2F)CC1. The second kappa shape index (κ2) is 10.8. The first kappa shape index (κ1) is 24.0. The Labute approximate surface area is 202 Å². The van der Waals surface area contributed by atoms with Gasteiger partial charge < -0.3 is 9.80 Å². The Bertz CT molecular complexity index is 1110. The molecule has 0 bridgehead atoms. The van der Waals surface area contributed by atoms with Crippen LogP contribution in [0.2, 0.25) is 0 Å². The number of carbonyl (C=O) groups is 1. The van der Waals surface area contributed by atoms with Crippen molar-refractivity contribution in [1.82, 2.24) is 9.80 Å². The smallest absolute Gasteiger partial charge is 0.244 e. The molecule has 4 rings (SSSR count). The maximum Gasteiger partial charge on any atom is 0.244 e. The van der Waals surface area contributed by atoms with Crippen LogP contribution in [0.25, 0.3) is 11.1 Å². The molecule has 178 valence electrons. The monoisotopic (exact) mass is 459 g/mol. The summed E-state index contributed by atoms with van der Waals surface area (Å²) in [4.78, 5) is 19.6. The minimum Gasteiger partial charge on any atom is -0.367 e. The van der Waals surface area contributed by atoms with Crippen LogP contribution < -0.4 is 4.90 Å². The number of aryl methyl sites for hydroxylation is 1. The van der Waals surface area contributed by atoms with Crippen molar-refractivity contribution in [2.45, 2.75) is 26.8 Å². The molecule has 1 amide bonds. The first-order chi connectivity index (χ1) is 16.5. The van der Waals surface area contributed by atoms with E-state index in [0.717, 1.165) is 22.3 Å². The van der Waals surface area contributed by atoms with Gasteiger partial charge in [-0.2, -0.15) is 0 Å². The van der Waals surface area contributed by atoms with Crippen LogP contribution in [0.3, 0.4) is 0 Å². The molecule has 0 spiro atoms. The van der Waals surface area contributed by atoms with Crippen molar-refractivity contribution in [1.29, 1.82) is 0 Å². The summed E-state index contributed by atoms with van der Waals surface area (Å²) in [5, 5.41) is 0. The third-order valence-corrected chi connectivity index (χ3v) is 6.74. The lowest BCUT2D eigenvalue weighted by atomic mass is 10.0. The number of nitrogens with zero attached hydrogens (tertiary/aromatic N) is 3. The number of benzene rings is 3. The predicted molar refractivity (Wildman–Crippen MR) is 137 cm³/mol. The van der Waals surface area contributed by atoms with Crippen molar-refractivity contribution in [2.75, 3.05) is 44.2 Å². The Kier molecular flexibility index (Phi) is 7.63. The van der Waals surface area contributed by atoms with Gasteiger partial charge in [-0.3, -0.25) is 9.69 Å². The first-order valence-electron chi connectivity index (χ1n) is 12.2. The Balaban J connectivity index is 1.50. The summed E-state index contributed by atoms with van der Waals surface area (Å²) in [7, 11) is 0. The number of carbonyl (C=O) groups excluding carboxylic acids is 1. The maximum atomic E-state index is 15.2. The molecule has 1 aliphatic heterocycles. The molecule has 1 fully saturated rings. The van der Waals surface area contributed by atoms with Crippen molar-refractivity contribution in [3.8, 4) is 11.1 Å². The highest BCUT2D eigenvalue weighted by Gasteiger charge is 2.33. The van der Waals surface area contributed by atoms with Gasteiger partial charge in [0.2, 0.25) is 5.91 Å². The average Bonchev–Trinajstić information content (AvgIpc) is 2.86. The van der Waals surface area contributed by atoms with Crippen molar-refractivity contribution in [2.24, 2.45) is 0 Å². The van der Waals surface area contributed by atoms with Gasteiger partial charge in [0.05, 0.1) is 5.69 Å². The van der Waals surface area contributed by atoms with Gasteiger partial charge in [-0.1, -0.05) is 66.2 Å². The molecular weight excluding hydrogens is 425 g/mol. The second-order valence-electron chi connectivity index (χ2n) is 8.88. The third-order valence-electron chi connectivity index (χ3n) is 6.74. The number of rotatable bonds is 7. The molecule has 3 aromatic rings. The van der Waals surface area contributed by atoms with Gasteiger partial charge in [0.15, 0.2) is 0 Å². The van der Waals surface area contributed by atoms with E-state index in [4.69, 9.17) is 0 Å². The molecule has 1 atom stereocenters. The van der Waals surface area contributed by atoms with Crippen LogP contribution >= 0.6 is 0 Å². The standard InChI is InChI=1S/C29H34FN3O/c1-4-31(5-2)29(34)28(23-11-7-6-8-12-23)33-18-16-32(17-19-33)27-15-14-25(21-26(27)30)24-13-9-10-22(3)20-24/h6-15,20-21,28H,4-5,16-19H2,1-3H3. The number of halogens is 1. The van der Waals surface area contributed by atoms with E-state index in [1.54, 1.807) is 6.07 Å². The molecule has 0 saturated carbocycles. The van der Waals surface area contributed by atoms with Gasteiger partial charge in [0.25, 0.3) is 0 Å². The zero-order valence-corrected chi connectivity index (χ0v) is 20.4. The summed E-state index contributed by atoms with van der Waals surface area (Å²) in [6.45, 7) is 10.2. The van der Waals surface area contributed by atoms with Crippen LogP contribution in [0.5, 0.6) is 0 Å². The molecule has 1 unspecified atom stereocenters. The molecule has 34 heavy (non-hydrogen) atoms. The third kappa shape index (κ3) is 5.15. The molecule has 5 heteroatoms. The quantitative estimate of drug-likeness (QED) is 0.465. The van der Waals surface area contributed by atoms with E-state index < -0.39 is 0 Å². The lowest BCUT2D eigenvalue weighted by molar-refractivity contribution is -0.137. The molecular formula is C29H34FN3O. The number of likely N-dealkylation sites (N-methyl/N-ethyl adjacent to an activating group) is 1. The minimum atomic E-state index is -0.309. The summed E-state index contributed by atoms with van der Waals surface area (Å²) >= 11 is 0. The van der Waals surface area contributed by atoms with Crippen LogP contribution in [0, 0.1) is 12.7 Å². The number of piperazine rings is 1. The van der Waals surface area contributed by atoms with Gasteiger partial charge in [0, 0.05) is 39.3 Å². The fraction of sp³-hybridized carbons (Fsp3) is 0.345. The highest BCUT2D eigenvalue weighted by molar-refractivity contribution is 5.83. The van der Waals surface area contributed by atoms with Crippen molar-refractivity contribution >= 4 is 11.6 Å². The van der Waals surface area contributed by atoms with Crippen molar-refractivity contribution in [3.63, 3.8) is 0 Å². The predicted octanol–water partition coefficient (Wildman–Crippen LogP) is 5.53. The second-order valence-corrected chi connectivity index (χ2v) is 8.88. The summed E-state index contributed by atoms with van der Waals surface area (Å²) in [5.74, 6) is -0.0652. The number of amides is 1. The van der Waals surface area contributed by atoms with E-state index in [-0.39, 0.29) is 17.8 Å². The first-order valence-corrected chi connectivity index (χ1v) is 12.2. The fourth-order valence-electron chi connectivity index (χ4n) is 4.84. The lowest BCUT2D eigenvalue weighted by Crippen LogP contribution is -2.51. The van der Waals surface area contributed by atoms with Crippen LogP contribution in [0.1, 0.15) is 31.0 Å². The van der Waals surface area contributed by atoms with Gasteiger partial charge in [-0.05, 0) is 49.6 Å². The highest BCUT2D eigenvalue weighted by Crippen LogP contribution is 2.30. The maximum absolute atomic E-state index is 15.2. The number of hydrogen-bond acceptors (Lipinski definition) is 3. The minimum absolute atomic E-state index is 0.137. The molecule has 1 saturated heterocycles. The van der Waals surface area contributed by atoms with Gasteiger partial charge in [0.1, 0.15) is 11.9 Å². The molecule has 0 radical (unpaired) electrons. The van der Waals surface area contributed by atoms with E-state index in [1.165, 1.54) is 0 Å². The van der Waals surface area contributed by atoms with Crippen LogP contribution in [-0.4, -0.2) is 55.0 Å². The summed E-state index contributed by atoms with van der Waals surface area (Å²) in [5.41, 5.74) is 4.71. The summed E-state index contributed by atoms with van der Waals surface area (Å²) in [6.07, 6.45) is 0. The Hall–Kier alpha value is -3.18. The molecule has 0 aliphatic carbocycles. The zero-order valence-electron chi connectivity index (χ0n) is 20.4. The molecule has 3 aromatic carbocycles. The molecule has 1 aliphatic rings. The van der Waals surface area contributed by atoms with Gasteiger partial charge in [-0.25, -0.2) is 4.39 Å². The van der Waals surface area contributed by atoms with Crippen LogP contribution in [-0.2, 0) is 4.79 Å². The Morgan fingerprint density at radius 3 is 2.18 bits per heavy atom.